The van der Waals surface area contributed by atoms with E-state index in [1.54, 1.807) is 0 Å². The van der Waals surface area contributed by atoms with E-state index in [1.807, 2.05) is 6.07 Å². The summed E-state index contributed by atoms with van der Waals surface area (Å²) in [7, 11) is -3.35. The molecule has 2 fully saturated rings. The van der Waals surface area contributed by atoms with Gasteiger partial charge in [-0.3, -0.25) is 0 Å². The van der Waals surface area contributed by atoms with Crippen LogP contribution in [0, 0.1) is 0 Å². The second-order valence-corrected chi connectivity index (χ2v) is 9.53. The lowest BCUT2D eigenvalue weighted by Crippen LogP contribution is -2.47. The highest BCUT2D eigenvalue weighted by molar-refractivity contribution is 7.90. The first kappa shape index (κ1) is 19.1. The molecule has 0 spiro atoms. The molecule has 28 heavy (non-hydrogen) atoms. The number of rotatable bonds is 4. The van der Waals surface area contributed by atoms with Crippen LogP contribution in [0.3, 0.4) is 0 Å². The Hall–Kier alpha value is -2.19. The molecule has 0 unspecified atom stereocenters. The predicted molar refractivity (Wildman–Crippen MR) is 111 cm³/mol. The highest BCUT2D eigenvalue weighted by Crippen LogP contribution is 2.29. The number of nitrogens with one attached hydrogen (secondary N) is 1. The highest BCUT2D eigenvalue weighted by Gasteiger charge is 2.27. The monoisotopic (exact) mass is 401 g/mol. The van der Waals surface area contributed by atoms with Crippen LogP contribution >= 0.6 is 0 Å². The van der Waals surface area contributed by atoms with Crippen molar-refractivity contribution in [3.8, 4) is 0 Å². The van der Waals surface area contributed by atoms with Gasteiger partial charge in [-0.1, -0.05) is 18.2 Å². The minimum absolute atomic E-state index is 0.117. The summed E-state index contributed by atoms with van der Waals surface area (Å²) in [6.45, 7) is 5.15. The van der Waals surface area contributed by atoms with E-state index >= 15 is 0 Å². The van der Waals surface area contributed by atoms with Crippen molar-refractivity contribution in [1.29, 1.82) is 0 Å². The lowest BCUT2D eigenvalue weighted by atomic mass is 9.96. The average molecular weight is 402 g/mol. The Morgan fingerprint density at radius 3 is 2.43 bits per heavy atom. The van der Waals surface area contributed by atoms with Gasteiger partial charge in [-0.15, -0.1) is 0 Å². The largest absolute Gasteiger partial charge is 0.368 e. The average Bonchev–Trinajstić information content (AvgIpc) is 2.74. The molecule has 150 valence electrons. The van der Waals surface area contributed by atoms with E-state index in [-0.39, 0.29) is 10.8 Å². The molecule has 1 N–H and O–H groups in total. The van der Waals surface area contributed by atoms with Gasteiger partial charge in [0, 0.05) is 50.6 Å². The zero-order valence-corrected chi connectivity index (χ0v) is 17.0. The van der Waals surface area contributed by atoms with Crippen molar-refractivity contribution in [2.45, 2.75) is 23.7 Å². The van der Waals surface area contributed by atoms with Gasteiger partial charge in [-0.2, -0.15) is 0 Å². The molecule has 2 aliphatic heterocycles. The molecule has 3 heterocycles. The number of sulfone groups is 1. The van der Waals surface area contributed by atoms with Crippen LogP contribution < -0.4 is 15.1 Å². The summed E-state index contributed by atoms with van der Waals surface area (Å²) in [6, 6.07) is 10.4. The molecule has 2 aromatic rings. The van der Waals surface area contributed by atoms with Gasteiger partial charge in [0.25, 0.3) is 0 Å². The van der Waals surface area contributed by atoms with E-state index in [9.17, 15) is 8.42 Å². The van der Waals surface area contributed by atoms with Crippen molar-refractivity contribution >= 4 is 21.5 Å². The predicted octanol–water partition coefficient (Wildman–Crippen LogP) is 1.67. The number of piperazine rings is 1. The van der Waals surface area contributed by atoms with Crippen LogP contribution in [-0.2, 0) is 9.84 Å². The quantitative estimate of drug-likeness (QED) is 0.835. The van der Waals surface area contributed by atoms with E-state index in [0.29, 0.717) is 11.6 Å². The number of nitrogens with zero attached hydrogens (tertiary/aromatic N) is 4. The molecule has 1 aromatic heterocycles. The fourth-order valence-corrected chi connectivity index (χ4v) is 4.83. The first-order valence-corrected chi connectivity index (χ1v) is 11.7. The van der Waals surface area contributed by atoms with Crippen LogP contribution in [-0.4, -0.2) is 63.9 Å². The summed E-state index contributed by atoms with van der Waals surface area (Å²) in [4.78, 5) is 14.0. The fraction of sp³-hybridized carbons (Fsp3) is 0.500. The van der Waals surface area contributed by atoms with Crippen molar-refractivity contribution in [1.82, 2.24) is 15.3 Å². The molecule has 7 nitrogen and oxygen atoms in total. The van der Waals surface area contributed by atoms with Crippen LogP contribution in [0.25, 0.3) is 0 Å². The lowest BCUT2D eigenvalue weighted by molar-refractivity contribution is 0.447. The zero-order valence-electron chi connectivity index (χ0n) is 16.2. The molecule has 4 rings (SSSR count). The zero-order chi connectivity index (χ0) is 19.6. The normalized spacial score (nSPS) is 21.0. The van der Waals surface area contributed by atoms with E-state index in [2.05, 4.69) is 44.4 Å². The van der Waals surface area contributed by atoms with Crippen LogP contribution in [0.2, 0.25) is 0 Å². The number of aromatic nitrogens is 2. The maximum absolute atomic E-state index is 12.3. The smallest absolute Gasteiger partial charge is 0.225 e. The molecule has 0 amide bonds. The van der Waals surface area contributed by atoms with E-state index in [1.165, 1.54) is 18.1 Å². The molecule has 8 heteroatoms. The molecule has 0 saturated carbocycles. The van der Waals surface area contributed by atoms with Crippen LogP contribution in [0.5, 0.6) is 0 Å². The Balaban J connectivity index is 1.55. The van der Waals surface area contributed by atoms with Gasteiger partial charge in [0.2, 0.25) is 5.95 Å². The van der Waals surface area contributed by atoms with Gasteiger partial charge in [0.1, 0.15) is 4.90 Å². The lowest BCUT2D eigenvalue weighted by Gasteiger charge is -2.36. The van der Waals surface area contributed by atoms with E-state index in [4.69, 9.17) is 4.98 Å². The van der Waals surface area contributed by atoms with Crippen LogP contribution in [0.15, 0.2) is 41.4 Å². The summed E-state index contributed by atoms with van der Waals surface area (Å²) in [5, 5.41) is 3.36. The topological polar surface area (TPSA) is 78.4 Å². The molecule has 2 aliphatic rings. The standard InChI is InChI=1S/C20H27N5O2S/c1-28(26,27)18-15-22-20(23-19(18)16-6-5-9-21-14-16)25-12-10-24(11-13-25)17-7-3-2-4-8-17/h2-4,7-8,15-16,21H,5-6,9-14H2,1H3/t16-/m1/s1. The SMILES string of the molecule is CS(=O)(=O)c1cnc(N2CCN(c3ccccc3)CC2)nc1[C@@H]1CCCNC1. The summed E-state index contributed by atoms with van der Waals surface area (Å²) in [5.74, 6) is 0.756. The number of piperidine rings is 1. The third kappa shape index (κ3) is 4.12. The van der Waals surface area contributed by atoms with Gasteiger partial charge in [-0.25, -0.2) is 18.4 Å². The van der Waals surface area contributed by atoms with Crippen molar-refractivity contribution in [3.63, 3.8) is 0 Å². The summed E-state index contributed by atoms with van der Waals surface area (Å²) < 4.78 is 24.5. The molecule has 0 radical (unpaired) electrons. The van der Waals surface area contributed by atoms with Crippen molar-refractivity contribution in [3.05, 3.63) is 42.2 Å². The second kappa shape index (κ2) is 8.05. The fourth-order valence-electron chi connectivity index (χ4n) is 3.99. The Kier molecular flexibility index (Phi) is 5.50. The van der Waals surface area contributed by atoms with Gasteiger partial charge in [0.15, 0.2) is 9.84 Å². The summed E-state index contributed by atoms with van der Waals surface area (Å²) >= 11 is 0. The third-order valence-electron chi connectivity index (χ3n) is 5.54. The number of hydrogen-bond donors (Lipinski definition) is 1. The number of para-hydroxylation sites is 1. The van der Waals surface area contributed by atoms with Gasteiger partial charge < -0.3 is 15.1 Å². The number of benzene rings is 1. The summed E-state index contributed by atoms with van der Waals surface area (Å²) in [6.07, 6.45) is 4.73. The Labute approximate surface area is 166 Å². The molecule has 1 atom stereocenters. The Bertz CT molecular complexity index is 905. The number of anilines is 2. The Morgan fingerprint density at radius 2 is 1.79 bits per heavy atom. The maximum atomic E-state index is 12.3. The third-order valence-corrected chi connectivity index (χ3v) is 6.65. The second-order valence-electron chi connectivity index (χ2n) is 7.54. The van der Waals surface area contributed by atoms with Crippen molar-refractivity contribution in [2.24, 2.45) is 0 Å². The van der Waals surface area contributed by atoms with Crippen LogP contribution in [0.1, 0.15) is 24.5 Å². The Morgan fingerprint density at radius 1 is 1.07 bits per heavy atom. The van der Waals surface area contributed by atoms with E-state index < -0.39 is 9.84 Å². The number of hydrogen-bond acceptors (Lipinski definition) is 7. The van der Waals surface area contributed by atoms with Crippen molar-refractivity contribution < 1.29 is 8.42 Å². The van der Waals surface area contributed by atoms with E-state index in [0.717, 1.165) is 52.1 Å². The molecule has 0 bridgehead atoms. The first-order valence-electron chi connectivity index (χ1n) is 9.85. The molecule has 2 saturated heterocycles. The first-order chi connectivity index (χ1) is 13.5. The van der Waals surface area contributed by atoms with Gasteiger partial charge in [0.05, 0.1) is 11.9 Å². The summed E-state index contributed by atoms with van der Waals surface area (Å²) in [5.41, 5.74) is 1.90. The molecule has 0 aliphatic carbocycles. The minimum Gasteiger partial charge on any atom is -0.368 e. The molecular weight excluding hydrogens is 374 g/mol. The van der Waals surface area contributed by atoms with Gasteiger partial charge >= 0.3 is 0 Å². The van der Waals surface area contributed by atoms with Crippen molar-refractivity contribution in [2.75, 3.05) is 55.3 Å². The van der Waals surface area contributed by atoms with Crippen LogP contribution in [0.4, 0.5) is 11.6 Å². The minimum atomic E-state index is -3.35. The molecule has 1 aromatic carbocycles. The maximum Gasteiger partial charge on any atom is 0.225 e. The molecular formula is C20H27N5O2S. The van der Waals surface area contributed by atoms with Gasteiger partial charge in [-0.05, 0) is 31.5 Å². The highest BCUT2D eigenvalue weighted by atomic mass is 32.2.